The molecule has 0 fully saturated rings. The molecule has 1 aliphatic heterocycles. The van der Waals surface area contributed by atoms with E-state index in [4.69, 9.17) is 0 Å². The number of carbonyl (C=O) groups is 1. The maximum atomic E-state index is 14.0. The first-order chi connectivity index (χ1) is 17.5. The van der Waals surface area contributed by atoms with Crippen LogP contribution in [0.5, 0.6) is 5.75 Å². The molecule has 3 heteroatoms. The summed E-state index contributed by atoms with van der Waals surface area (Å²) in [4.78, 5) is 14.0. The highest BCUT2D eigenvalue weighted by Gasteiger charge is 2.35. The van der Waals surface area contributed by atoms with Gasteiger partial charge >= 0.3 is 0 Å². The largest absolute Gasteiger partial charge is 0.507 e. The molecule has 1 heterocycles. The minimum atomic E-state index is -0.290. The van der Waals surface area contributed by atoms with Crippen molar-refractivity contribution in [2.24, 2.45) is 10.8 Å². The number of rotatable bonds is 2. The van der Waals surface area contributed by atoms with Crippen LogP contribution in [0.25, 0.3) is 5.70 Å². The summed E-state index contributed by atoms with van der Waals surface area (Å²) in [6, 6.07) is 4.23. The van der Waals surface area contributed by atoms with E-state index in [1.54, 1.807) is 0 Å². The molecule has 0 unspecified atom stereocenters. The normalized spacial score (nSPS) is 19.2. The zero-order chi connectivity index (χ0) is 29.9. The molecule has 1 aromatic rings. The molecular weight excluding hydrogens is 478 g/mol. The zero-order valence-electron chi connectivity index (χ0n) is 26.8. The van der Waals surface area contributed by atoms with Crippen molar-refractivity contribution in [2.45, 2.75) is 108 Å². The second kappa shape index (κ2) is 9.91. The molecule has 0 radical (unpaired) electrons. The fourth-order valence-electron chi connectivity index (χ4n) is 4.81. The van der Waals surface area contributed by atoms with Gasteiger partial charge in [0.2, 0.25) is 0 Å². The second-order valence-electron chi connectivity index (χ2n) is 15.5. The highest BCUT2D eigenvalue weighted by molar-refractivity contribution is 6.13. The molecule has 39 heavy (non-hydrogen) atoms. The van der Waals surface area contributed by atoms with Crippen LogP contribution in [-0.4, -0.2) is 10.9 Å². The number of Topliss-reactive ketones (excluding diaryl/α,β-unsaturated/α-hetero) is 1. The third-order valence-corrected chi connectivity index (χ3v) is 7.57. The summed E-state index contributed by atoms with van der Waals surface area (Å²) in [5.74, 6) is 1.47. The summed E-state index contributed by atoms with van der Waals surface area (Å²) in [7, 11) is 0. The Balaban J connectivity index is 2.33. The van der Waals surface area contributed by atoms with Gasteiger partial charge in [0.05, 0.1) is 23.3 Å². The fourth-order valence-corrected chi connectivity index (χ4v) is 4.81. The first-order valence-electron chi connectivity index (χ1n) is 14.1. The smallest absolute Gasteiger partial charge is 0.192 e. The molecule has 2 aliphatic rings. The Morgan fingerprint density at radius 1 is 0.718 bits per heavy atom. The van der Waals surface area contributed by atoms with Gasteiger partial charge in [-0.15, -0.1) is 0 Å². The molecule has 3 nitrogen and oxygen atoms in total. The molecule has 210 valence electrons. The topological polar surface area (TPSA) is 49.3 Å². The van der Waals surface area contributed by atoms with E-state index in [1.807, 2.05) is 6.08 Å². The Hall–Kier alpha value is -2.94. The molecule has 3 rings (SSSR count). The van der Waals surface area contributed by atoms with Crippen molar-refractivity contribution in [1.29, 1.82) is 0 Å². The van der Waals surface area contributed by atoms with Gasteiger partial charge < -0.3 is 10.4 Å². The van der Waals surface area contributed by atoms with Crippen molar-refractivity contribution in [1.82, 2.24) is 5.32 Å². The molecule has 0 saturated heterocycles. The average Bonchev–Trinajstić information content (AvgIpc) is 2.75. The van der Waals surface area contributed by atoms with Crippen LogP contribution in [0.1, 0.15) is 114 Å². The van der Waals surface area contributed by atoms with Crippen molar-refractivity contribution < 1.29 is 9.90 Å². The van der Waals surface area contributed by atoms with Gasteiger partial charge in [-0.25, -0.2) is 0 Å². The number of phenolic OH excluding ortho intramolecular Hbond substituents is 1. The van der Waals surface area contributed by atoms with E-state index in [0.29, 0.717) is 5.57 Å². The molecule has 0 bridgehead atoms. The highest BCUT2D eigenvalue weighted by Crippen LogP contribution is 2.43. The summed E-state index contributed by atoms with van der Waals surface area (Å²) in [5, 5.41) is 15.2. The van der Waals surface area contributed by atoms with Crippen LogP contribution in [0.4, 0.5) is 0 Å². The number of phenols is 1. The van der Waals surface area contributed by atoms with Crippen molar-refractivity contribution in [3.8, 4) is 5.75 Å². The Morgan fingerprint density at radius 2 is 1.31 bits per heavy atom. The number of dihydropyridines is 1. The van der Waals surface area contributed by atoms with Gasteiger partial charge in [-0.05, 0) is 44.9 Å². The lowest BCUT2D eigenvalue weighted by molar-refractivity contribution is -0.113. The second-order valence-corrected chi connectivity index (χ2v) is 15.5. The van der Waals surface area contributed by atoms with Gasteiger partial charge in [-0.2, -0.15) is 0 Å². The molecule has 0 saturated carbocycles. The predicted octanol–water partition coefficient (Wildman–Crippen LogP) is 9.25. The van der Waals surface area contributed by atoms with Crippen LogP contribution in [0.2, 0.25) is 0 Å². The van der Waals surface area contributed by atoms with Crippen molar-refractivity contribution in [2.75, 3.05) is 0 Å². The van der Waals surface area contributed by atoms with Gasteiger partial charge in [0.15, 0.2) is 5.78 Å². The van der Waals surface area contributed by atoms with E-state index in [-0.39, 0.29) is 33.2 Å². The van der Waals surface area contributed by atoms with Gasteiger partial charge in [0.1, 0.15) is 22.7 Å². The van der Waals surface area contributed by atoms with Crippen LogP contribution in [0, 0.1) is 16.7 Å². The molecule has 2 N–H and O–H groups in total. The molecular formula is C36H50NO2+. The van der Waals surface area contributed by atoms with Crippen LogP contribution in [0.3, 0.4) is 0 Å². The Morgan fingerprint density at radius 3 is 1.77 bits per heavy atom. The van der Waals surface area contributed by atoms with Crippen molar-refractivity contribution >= 4 is 11.5 Å². The highest BCUT2D eigenvalue weighted by atomic mass is 16.3. The monoisotopic (exact) mass is 528 g/mol. The van der Waals surface area contributed by atoms with Gasteiger partial charge in [-0.1, -0.05) is 95.2 Å². The fraction of sp³-hybridized carbons (Fsp3) is 0.500. The third kappa shape index (κ3) is 6.45. The number of benzene rings is 1. The van der Waals surface area contributed by atoms with Gasteiger partial charge in [0.25, 0.3) is 0 Å². The number of allylic oxidation sites excluding steroid dienone is 8. The molecule has 0 atom stereocenters. The molecule has 0 amide bonds. The van der Waals surface area contributed by atoms with Crippen LogP contribution in [0.15, 0.2) is 64.4 Å². The maximum absolute atomic E-state index is 14.0. The molecule has 0 spiro atoms. The first kappa shape index (κ1) is 30.6. The Labute approximate surface area is 237 Å². The average molecular weight is 529 g/mol. The standard InChI is InChI=1S/C36H49NO2/c1-21(2)22-15-29(25-17-23(33(3,4)5)19-27(31(25)38)35(9,10)11)37-30(16-22)26-18-24(34(6,7)8)20-28(32(26)39)36(12,13)14/h15-20H,1-14H3,(H-,37,38,39)/p+1. The van der Waals surface area contributed by atoms with E-state index in [0.717, 1.165) is 50.7 Å². The Bertz CT molecular complexity index is 1330. The Kier molecular flexibility index (Phi) is 7.78. The SMILES string of the molecule is C[C+](C)C1=CC(=C2C=C(C(C)(C)C)C=C(C(C)(C)C)C2=O)NC(c2cc(C(C)(C)C)cc(C(C)(C)C)c2O)=C1. The number of ketones is 1. The quantitative estimate of drug-likeness (QED) is 0.297. The summed E-state index contributed by atoms with van der Waals surface area (Å²) in [6.45, 7) is 30.0. The molecule has 1 aliphatic carbocycles. The number of nitrogens with one attached hydrogen (secondary N) is 1. The van der Waals surface area contributed by atoms with Crippen LogP contribution < -0.4 is 5.32 Å². The van der Waals surface area contributed by atoms with E-state index in [1.165, 1.54) is 0 Å². The van der Waals surface area contributed by atoms with Crippen LogP contribution in [-0.2, 0) is 15.6 Å². The number of hydrogen-bond acceptors (Lipinski definition) is 3. The minimum Gasteiger partial charge on any atom is -0.507 e. The summed E-state index contributed by atoms with van der Waals surface area (Å²) in [5.41, 5.74) is 7.31. The lowest BCUT2D eigenvalue weighted by atomic mass is 9.73. The number of carbonyl (C=O) groups excluding carboxylic acids is 1. The third-order valence-electron chi connectivity index (χ3n) is 7.57. The van der Waals surface area contributed by atoms with Gasteiger partial charge in [0, 0.05) is 30.9 Å². The lowest BCUT2D eigenvalue weighted by Gasteiger charge is -2.31. The lowest BCUT2D eigenvalue weighted by Crippen LogP contribution is -2.28. The van der Waals surface area contributed by atoms with E-state index < -0.39 is 0 Å². The number of aromatic hydroxyl groups is 1. The van der Waals surface area contributed by atoms with Crippen LogP contribution >= 0.6 is 0 Å². The maximum Gasteiger partial charge on any atom is 0.192 e. The van der Waals surface area contributed by atoms with E-state index >= 15 is 0 Å². The summed E-state index contributed by atoms with van der Waals surface area (Å²) >= 11 is 0. The predicted molar refractivity (Wildman–Crippen MR) is 166 cm³/mol. The van der Waals surface area contributed by atoms with Gasteiger partial charge in [-0.3, -0.25) is 4.79 Å². The van der Waals surface area contributed by atoms with E-state index in [2.05, 4.69) is 133 Å². The minimum absolute atomic E-state index is 0.0478. The van der Waals surface area contributed by atoms with Crippen molar-refractivity contribution in [3.63, 3.8) is 0 Å². The molecule has 0 aromatic heterocycles. The zero-order valence-corrected chi connectivity index (χ0v) is 26.8. The summed E-state index contributed by atoms with van der Waals surface area (Å²) < 4.78 is 0. The summed E-state index contributed by atoms with van der Waals surface area (Å²) in [6.07, 6.45) is 8.30. The molecule has 1 aromatic carbocycles. The number of hydrogen-bond donors (Lipinski definition) is 2. The van der Waals surface area contributed by atoms with E-state index in [9.17, 15) is 9.90 Å². The first-order valence-corrected chi connectivity index (χ1v) is 14.1. The van der Waals surface area contributed by atoms with Crippen molar-refractivity contribution in [3.05, 3.63) is 87.0 Å².